The maximum absolute atomic E-state index is 6.18. The van der Waals surface area contributed by atoms with Gasteiger partial charge in [0.2, 0.25) is 0 Å². The minimum absolute atomic E-state index is 0.0188. The van der Waals surface area contributed by atoms with Crippen LogP contribution in [0.1, 0.15) is 29.3 Å². The second kappa shape index (κ2) is 6.64. The van der Waals surface area contributed by atoms with Gasteiger partial charge in [-0.05, 0) is 39.0 Å². The van der Waals surface area contributed by atoms with Crippen LogP contribution >= 0.6 is 27.5 Å². The molecular formula is C15H18BrClN2O. The van der Waals surface area contributed by atoms with E-state index in [2.05, 4.69) is 21.0 Å². The van der Waals surface area contributed by atoms with Crippen LogP contribution < -0.4 is 4.74 Å². The van der Waals surface area contributed by atoms with Gasteiger partial charge in [0.15, 0.2) is 0 Å². The van der Waals surface area contributed by atoms with Crippen LogP contribution in [0.2, 0.25) is 0 Å². The minimum Gasteiger partial charge on any atom is -0.492 e. The summed E-state index contributed by atoms with van der Waals surface area (Å²) >= 11 is 9.61. The van der Waals surface area contributed by atoms with Gasteiger partial charge in [0, 0.05) is 15.7 Å². The molecular weight excluding hydrogens is 340 g/mol. The third-order valence-electron chi connectivity index (χ3n) is 3.20. The van der Waals surface area contributed by atoms with Crippen molar-refractivity contribution in [1.29, 1.82) is 0 Å². The highest BCUT2D eigenvalue weighted by molar-refractivity contribution is 9.10. The maximum atomic E-state index is 6.18. The molecule has 0 saturated carbocycles. The molecule has 5 heteroatoms. The van der Waals surface area contributed by atoms with Crippen molar-refractivity contribution < 1.29 is 4.74 Å². The fraction of sp³-hybridized carbons (Fsp3) is 0.400. The molecule has 0 radical (unpaired) electrons. The Hall–Kier alpha value is -1.000. The van der Waals surface area contributed by atoms with E-state index < -0.39 is 0 Å². The van der Waals surface area contributed by atoms with E-state index in [-0.39, 0.29) is 5.38 Å². The Kier molecular flexibility index (Phi) is 5.11. The number of aromatic nitrogens is 2. The molecule has 1 heterocycles. The number of alkyl halides is 1. The molecule has 1 aromatic carbocycles. The molecule has 0 aliphatic carbocycles. The summed E-state index contributed by atoms with van der Waals surface area (Å²) in [6.07, 6.45) is 0. The molecule has 108 valence electrons. The lowest BCUT2D eigenvalue weighted by Gasteiger charge is -2.09. The zero-order valence-corrected chi connectivity index (χ0v) is 14.2. The topological polar surface area (TPSA) is 27.1 Å². The van der Waals surface area contributed by atoms with Gasteiger partial charge in [0.1, 0.15) is 12.4 Å². The SMILES string of the molecule is Cc1nn(CCOc2cccc(Br)c2)c(C)c1C(C)Cl. The molecule has 0 N–H and O–H groups in total. The summed E-state index contributed by atoms with van der Waals surface area (Å²) in [7, 11) is 0. The molecule has 0 bridgehead atoms. The predicted octanol–water partition coefficient (Wildman–Crippen LogP) is 4.64. The summed E-state index contributed by atoms with van der Waals surface area (Å²) in [5.74, 6) is 0.854. The number of nitrogens with zero attached hydrogens (tertiary/aromatic N) is 2. The summed E-state index contributed by atoms with van der Waals surface area (Å²) in [6.45, 7) is 7.30. The van der Waals surface area contributed by atoms with E-state index in [0.717, 1.165) is 27.2 Å². The van der Waals surface area contributed by atoms with Crippen LogP contribution in [-0.4, -0.2) is 16.4 Å². The molecule has 0 aliphatic rings. The second-order valence-corrected chi connectivity index (χ2v) is 6.30. The first kappa shape index (κ1) is 15.4. The molecule has 0 spiro atoms. The van der Waals surface area contributed by atoms with Gasteiger partial charge in [0.25, 0.3) is 0 Å². The lowest BCUT2D eigenvalue weighted by Crippen LogP contribution is -2.11. The van der Waals surface area contributed by atoms with Crippen LogP contribution in [-0.2, 0) is 6.54 Å². The predicted molar refractivity (Wildman–Crippen MR) is 85.6 cm³/mol. The fourth-order valence-corrected chi connectivity index (χ4v) is 3.00. The third kappa shape index (κ3) is 3.55. The zero-order chi connectivity index (χ0) is 14.7. The van der Waals surface area contributed by atoms with E-state index in [1.807, 2.05) is 49.7 Å². The smallest absolute Gasteiger partial charge is 0.120 e. The van der Waals surface area contributed by atoms with E-state index in [0.29, 0.717) is 13.2 Å². The molecule has 0 aliphatic heterocycles. The molecule has 20 heavy (non-hydrogen) atoms. The first-order valence-corrected chi connectivity index (χ1v) is 7.78. The highest BCUT2D eigenvalue weighted by Gasteiger charge is 2.15. The normalized spacial score (nSPS) is 12.4. The lowest BCUT2D eigenvalue weighted by molar-refractivity contribution is 0.289. The maximum Gasteiger partial charge on any atom is 0.120 e. The highest BCUT2D eigenvalue weighted by Crippen LogP contribution is 2.26. The molecule has 1 atom stereocenters. The van der Waals surface area contributed by atoms with Crippen LogP contribution in [0, 0.1) is 13.8 Å². The average molecular weight is 358 g/mol. The van der Waals surface area contributed by atoms with E-state index in [9.17, 15) is 0 Å². The highest BCUT2D eigenvalue weighted by atomic mass is 79.9. The van der Waals surface area contributed by atoms with E-state index in [1.165, 1.54) is 0 Å². The molecule has 0 saturated heterocycles. The minimum atomic E-state index is -0.0188. The van der Waals surface area contributed by atoms with Crippen molar-refractivity contribution in [2.75, 3.05) is 6.61 Å². The molecule has 1 aromatic heterocycles. The monoisotopic (exact) mass is 356 g/mol. The van der Waals surface area contributed by atoms with E-state index >= 15 is 0 Å². The number of hydrogen-bond acceptors (Lipinski definition) is 2. The first-order chi connectivity index (χ1) is 9.49. The molecule has 2 aromatic rings. The Morgan fingerprint density at radius 2 is 2.15 bits per heavy atom. The summed E-state index contributed by atoms with van der Waals surface area (Å²) in [5.41, 5.74) is 3.23. The third-order valence-corrected chi connectivity index (χ3v) is 3.91. The van der Waals surface area contributed by atoms with Gasteiger partial charge >= 0.3 is 0 Å². The number of halogens is 2. The zero-order valence-electron chi connectivity index (χ0n) is 11.9. The van der Waals surface area contributed by atoms with Crippen molar-refractivity contribution in [3.8, 4) is 5.75 Å². The molecule has 0 fully saturated rings. The Morgan fingerprint density at radius 3 is 2.75 bits per heavy atom. The van der Waals surface area contributed by atoms with Gasteiger partial charge in [-0.15, -0.1) is 11.6 Å². The van der Waals surface area contributed by atoms with Gasteiger partial charge < -0.3 is 4.74 Å². The van der Waals surface area contributed by atoms with Crippen molar-refractivity contribution >= 4 is 27.5 Å². The number of benzene rings is 1. The average Bonchev–Trinajstić information content (AvgIpc) is 2.64. The Balaban J connectivity index is 2.00. The summed E-state index contributed by atoms with van der Waals surface area (Å²) < 4.78 is 8.70. The largest absolute Gasteiger partial charge is 0.492 e. The van der Waals surface area contributed by atoms with Crippen molar-refractivity contribution in [3.05, 3.63) is 45.7 Å². The van der Waals surface area contributed by atoms with Crippen LogP contribution in [0.5, 0.6) is 5.75 Å². The molecule has 0 amide bonds. The quantitative estimate of drug-likeness (QED) is 0.729. The van der Waals surface area contributed by atoms with Crippen molar-refractivity contribution in [1.82, 2.24) is 9.78 Å². The number of aryl methyl sites for hydroxylation is 1. The molecule has 1 unspecified atom stereocenters. The van der Waals surface area contributed by atoms with Crippen LogP contribution in [0.3, 0.4) is 0 Å². The van der Waals surface area contributed by atoms with E-state index in [4.69, 9.17) is 16.3 Å². The summed E-state index contributed by atoms with van der Waals surface area (Å²) in [6, 6.07) is 7.82. The van der Waals surface area contributed by atoms with Crippen molar-refractivity contribution in [3.63, 3.8) is 0 Å². The summed E-state index contributed by atoms with van der Waals surface area (Å²) in [4.78, 5) is 0. The van der Waals surface area contributed by atoms with Gasteiger partial charge in [-0.1, -0.05) is 22.0 Å². The van der Waals surface area contributed by atoms with Crippen molar-refractivity contribution in [2.24, 2.45) is 0 Å². The fourth-order valence-electron chi connectivity index (χ4n) is 2.31. The number of ether oxygens (including phenoxy) is 1. The van der Waals surface area contributed by atoms with Crippen LogP contribution in [0.15, 0.2) is 28.7 Å². The summed E-state index contributed by atoms with van der Waals surface area (Å²) in [5, 5.41) is 4.50. The second-order valence-electron chi connectivity index (χ2n) is 4.73. The van der Waals surface area contributed by atoms with Gasteiger partial charge in [0.05, 0.1) is 17.6 Å². The Labute approximate surface area is 133 Å². The van der Waals surface area contributed by atoms with Gasteiger partial charge in [-0.2, -0.15) is 5.10 Å². The standard InChI is InChI=1S/C15H18BrClN2O/c1-10(17)15-11(2)18-19(12(15)3)7-8-20-14-6-4-5-13(16)9-14/h4-6,9-10H,7-8H2,1-3H3. The number of hydrogen-bond donors (Lipinski definition) is 0. The van der Waals surface area contributed by atoms with Crippen molar-refractivity contribution in [2.45, 2.75) is 32.7 Å². The Bertz CT molecular complexity index is 596. The van der Waals surface area contributed by atoms with Gasteiger partial charge in [-0.25, -0.2) is 0 Å². The molecule has 3 nitrogen and oxygen atoms in total. The van der Waals surface area contributed by atoms with E-state index in [1.54, 1.807) is 0 Å². The molecule has 2 rings (SSSR count). The van der Waals surface area contributed by atoms with Gasteiger partial charge in [-0.3, -0.25) is 4.68 Å². The lowest BCUT2D eigenvalue weighted by atomic mass is 10.1. The van der Waals surface area contributed by atoms with Crippen LogP contribution in [0.25, 0.3) is 0 Å². The first-order valence-electron chi connectivity index (χ1n) is 6.55. The Morgan fingerprint density at radius 1 is 1.40 bits per heavy atom. The van der Waals surface area contributed by atoms with Crippen LogP contribution in [0.4, 0.5) is 0 Å². The number of rotatable bonds is 5.